The highest BCUT2D eigenvalue weighted by molar-refractivity contribution is 7.99. The van der Waals surface area contributed by atoms with Gasteiger partial charge in [0, 0.05) is 19.2 Å². The Labute approximate surface area is 114 Å². The van der Waals surface area contributed by atoms with Crippen LogP contribution in [0, 0.1) is 0 Å². The molecular formula is C11H16N6OS. The van der Waals surface area contributed by atoms with Gasteiger partial charge in [0.2, 0.25) is 0 Å². The van der Waals surface area contributed by atoms with Gasteiger partial charge in [0.1, 0.15) is 17.2 Å². The summed E-state index contributed by atoms with van der Waals surface area (Å²) in [6, 6.07) is 0. The number of rotatable bonds is 5. The highest BCUT2D eigenvalue weighted by atomic mass is 32.2. The van der Waals surface area contributed by atoms with E-state index in [1.165, 1.54) is 18.1 Å². The maximum absolute atomic E-state index is 11.5. The van der Waals surface area contributed by atoms with Crippen molar-refractivity contribution in [3.63, 3.8) is 0 Å². The van der Waals surface area contributed by atoms with E-state index in [9.17, 15) is 4.79 Å². The number of anilines is 1. The van der Waals surface area contributed by atoms with E-state index < -0.39 is 0 Å². The van der Waals surface area contributed by atoms with E-state index in [1.54, 1.807) is 4.57 Å². The molecule has 0 saturated heterocycles. The van der Waals surface area contributed by atoms with Crippen LogP contribution in [0.15, 0.2) is 21.3 Å². The minimum atomic E-state index is -0.203. The SMILES string of the molecule is CCc1c(NC)ncnc1Sc1n[nH]c(=O)n1CC. The number of nitrogens with one attached hydrogen (secondary N) is 2. The molecule has 0 aliphatic carbocycles. The van der Waals surface area contributed by atoms with Crippen LogP contribution in [-0.4, -0.2) is 31.8 Å². The van der Waals surface area contributed by atoms with Crippen molar-refractivity contribution >= 4 is 17.6 Å². The second kappa shape index (κ2) is 5.87. The Kier molecular flexibility index (Phi) is 4.20. The van der Waals surface area contributed by atoms with Crippen LogP contribution in [0.1, 0.15) is 19.4 Å². The zero-order chi connectivity index (χ0) is 13.8. The molecule has 0 saturated carbocycles. The zero-order valence-corrected chi connectivity index (χ0v) is 11.9. The maximum atomic E-state index is 11.5. The first-order valence-corrected chi connectivity index (χ1v) is 6.87. The van der Waals surface area contributed by atoms with Crippen molar-refractivity contribution < 1.29 is 0 Å². The lowest BCUT2D eigenvalue weighted by Gasteiger charge is -2.10. The van der Waals surface area contributed by atoms with E-state index in [1.807, 2.05) is 20.9 Å². The molecule has 0 spiro atoms. The van der Waals surface area contributed by atoms with Gasteiger partial charge in [-0.15, -0.1) is 5.10 Å². The standard InChI is InChI=1S/C11H16N6OS/c1-4-7-8(12-3)13-6-14-9(7)19-11-16-15-10(18)17(11)5-2/h6H,4-5H2,1-3H3,(H,15,18)(H,12,13,14). The predicted octanol–water partition coefficient (Wildman–Crippen LogP) is 1.14. The monoisotopic (exact) mass is 280 g/mol. The Morgan fingerprint density at radius 3 is 2.84 bits per heavy atom. The molecule has 2 aromatic heterocycles. The summed E-state index contributed by atoms with van der Waals surface area (Å²) < 4.78 is 1.57. The first-order valence-electron chi connectivity index (χ1n) is 6.05. The molecule has 102 valence electrons. The van der Waals surface area contributed by atoms with E-state index in [0.29, 0.717) is 11.7 Å². The molecular weight excluding hydrogens is 264 g/mol. The Hall–Kier alpha value is -1.83. The van der Waals surface area contributed by atoms with Crippen LogP contribution >= 0.6 is 11.8 Å². The molecule has 0 bridgehead atoms. The largest absolute Gasteiger partial charge is 0.373 e. The molecule has 2 N–H and O–H groups in total. The molecule has 0 aliphatic rings. The fourth-order valence-electron chi connectivity index (χ4n) is 1.76. The van der Waals surface area contributed by atoms with Crippen molar-refractivity contribution in [2.24, 2.45) is 0 Å². The average Bonchev–Trinajstić information content (AvgIpc) is 2.78. The van der Waals surface area contributed by atoms with Gasteiger partial charge >= 0.3 is 5.69 Å². The fraction of sp³-hybridized carbons (Fsp3) is 0.455. The van der Waals surface area contributed by atoms with Crippen molar-refractivity contribution in [2.75, 3.05) is 12.4 Å². The molecule has 19 heavy (non-hydrogen) atoms. The quantitative estimate of drug-likeness (QED) is 0.798. The molecule has 2 aromatic rings. The lowest BCUT2D eigenvalue weighted by Crippen LogP contribution is -2.16. The van der Waals surface area contributed by atoms with Gasteiger partial charge in [-0.3, -0.25) is 4.57 Å². The Morgan fingerprint density at radius 1 is 1.42 bits per heavy atom. The second-order valence-electron chi connectivity index (χ2n) is 3.77. The lowest BCUT2D eigenvalue weighted by molar-refractivity contribution is 0.659. The van der Waals surface area contributed by atoms with Gasteiger partial charge in [0.25, 0.3) is 0 Å². The highest BCUT2D eigenvalue weighted by Gasteiger charge is 2.14. The van der Waals surface area contributed by atoms with E-state index in [4.69, 9.17) is 0 Å². The van der Waals surface area contributed by atoms with Gasteiger partial charge in [-0.1, -0.05) is 6.92 Å². The van der Waals surface area contributed by atoms with Crippen molar-refractivity contribution in [2.45, 2.75) is 37.0 Å². The molecule has 0 fully saturated rings. The second-order valence-corrected chi connectivity index (χ2v) is 4.72. The first kappa shape index (κ1) is 13.6. The number of nitrogens with zero attached hydrogens (tertiary/aromatic N) is 4. The predicted molar refractivity (Wildman–Crippen MR) is 73.6 cm³/mol. The Morgan fingerprint density at radius 2 is 2.21 bits per heavy atom. The van der Waals surface area contributed by atoms with Crippen molar-refractivity contribution in [1.29, 1.82) is 0 Å². The minimum Gasteiger partial charge on any atom is -0.373 e. The van der Waals surface area contributed by atoms with Crippen LogP contribution in [0.2, 0.25) is 0 Å². The molecule has 0 aromatic carbocycles. The lowest BCUT2D eigenvalue weighted by atomic mass is 10.2. The summed E-state index contributed by atoms with van der Waals surface area (Å²) in [5.74, 6) is 0.806. The molecule has 7 nitrogen and oxygen atoms in total. The normalized spacial score (nSPS) is 10.7. The first-order chi connectivity index (χ1) is 9.21. The summed E-state index contributed by atoms with van der Waals surface area (Å²) in [7, 11) is 1.83. The summed E-state index contributed by atoms with van der Waals surface area (Å²) in [5, 5.41) is 10.9. The van der Waals surface area contributed by atoms with Crippen LogP contribution in [0.3, 0.4) is 0 Å². The molecule has 0 atom stereocenters. The van der Waals surface area contributed by atoms with Crippen LogP contribution in [0.25, 0.3) is 0 Å². The van der Waals surface area contributed by atoms with Gasteiger partial charge in [-0.05, 0) is 25.1 Å². The number of H-pyrrole nitrogens is 1. The van der Waals surface area contributed by atoms with E-state index in [2.05, 4.69) is 25.5 Å². The van der Waals surface area contributed by atoms with Crippen LogP contribution in [0.5, 0.6) is 0 Å². The number of hydrogen-bond donors (Lipinski definition) is 2. The molecule has 2 rings (SSSR count). The summed E-state index contributed by atoms with van der Waals surface area (Å²) >= 11 is 1.37. The number of aromatic nitrogens is 5. The van der Waals surface area contributed by atoms with Gasteiger partial charge in [-0.2, -0.15) is 0 Å². The van der Waals surface area contributed by atoms with Crippen LogP contribution < -0.4 is 11.0 Å². The van der Waals surface area contributed by atoms with Gasteiger partial charge in [0.05, 0.1) is 0 Å². The Bertz CT molecular complexity index is 620. The molecule has 2 heterocycles. The van der Waals surface area contributed by atoms with Gasteiger partial charge in [-0.25, -0.2) is 19.9 Å². The minimum absolute atomic E-state index is 0.203. The van der Waals surface area contributed by atoms with E-state index in [0.717, 1.165) is 22.8 Å². The van der Waals surface area contributed by atoms with Gasteiger partial charge in [0.15, 0.2) is 5.16 Å². The van der Waals surface area contributed by atoms with Gasteiger partial charge < -0.3 is 5.32 Å². The topological polar surface area (TPSA) is 88.5 Å². The fourth-order valence-corrected chi connectivity index (χ4v) is 2.82. The molecule has 0 unspecified atom stereocenters. The van der Waals surface area contributed by atoms with Crippen molar-refractivity contribution in [3.8, 4) is 0 Å². The summed E-state index contributed by atoms with van der Waals surface area (Å²) in [5.41, 5.74) is 0.819. The van der Waals surface area contributed by atoms with E-state index >= 15 is 0 Å². The van der Waals surface area contributed by atoms with Crippen molar-refractivity contribution in [3.05, 3.63) is 22.4 Å². The molecule has 8 heteroatoms. The van der Waals surface area contributed by atoms with Crippen LogP contribution in [0.4, 0.5) is 5.82 Å². The summed E-state index contributed by atoms with van der Waals surface area (Å²) in [6.07, 6.45) is 2.31. The Balaban J connectivity index is 2.40. The number of hydrogen-bond acceptors (Lipinski definition) is 6. The molecule has 0 radical (unpaired) electrons. The highest BCUT2D eigenvalue weighted by Crippen LogP contribution is 2.29. The summed E-state index contributed by atoms with van der Waals surface area (Å²) in [4.78, 5) is 20.0. The molecule has 0 aliphatic heterocycles. The summed E-state index contributed by atoms with van der Waals surface area (Å²) in [6.45, 7) is 4.52. The average molecular weight is 280 g/mol. The zero-order valence-electron chi connectivity index (χ0n) is 11.1. The smallest absolute Gasteiger partial charge is 0.343 e. The van der Waals surface area contributed by atoms with Crippen LogP contribution in [-0.2, 0) is 13.0 Å². The maximum Gasteiger partial charge on any atom is 0.343 e. The number of aromatic amines is 1. The van der Waals surface area contributed by atoms with E-state index in [-0.39, 0.29) is 5.69 Å². The van der Waals surface area contributed by atoms with Crippen molar-refractivity contribution in [1.82, 2.24) is 24.7 Å². The third-order valence-electron chi connectivity index (χ3n) is 2.72. The third kappa shape index (κ3) is 2.62. The molecule has 0 amide bonds. The third-order valence-corrected chi connectivity index (χ3v) is 3.76.